The molecule has 80 valence electrons. The summed E-state index contributed by atoms with van der Waals surface area (Å²) >= 11 is 0. The minimum absolute atomic E-state index is 0.0158. The summed E-state index contributed by atoms with van der Waals surface area (Å²) in [6, 6.07) is 0. The lowest BCUT2D eigenvalue weighted by Crippen LogP contribution is -2.33. The first-order chi connectivity index (χ1) is 6.77. The molecule has 2 fully saturated rings. The first kappa shape index (κ1) is 10.2. The third-order valence-electron chi connectivity index (χ3n) is 3.43. The van der Waals surface area contributed by atoms with E-state index in [-0.39, 0.29) is 11.9 Å². The highest BCUT2D eigenvalue weighted by molar-refractivity contribution is 5.19. The predicted octanol–water partition coefficient (Wildman–Crippen LogP) is 3.03. The van der Waals surface area contributed by atoms with E-state index in [1.54, 1.807) is 0 Å². The second-order valence-electron chi connectivity index (χ2n) is 4.37. The predicted molar refractivity (Wildman–Crippen MR) is 56.1 cm³/mol. The standard InChI is InChI=1S/C12H20O2/c1-3-13-11-9-10(2)12(14-11)7-5-4-6-8-12/h11H,2-9H2,1H3. The Bertz CT molecular complexity index is 216. The molecule has 1 aliphatic heterocycles. The Kier molecular flexibility index (Phi) is 2.93. The third-order valence-corrected chi connectivity index (χ3v) is 3.43. The van der Waals surface area contributed by atoms with Gasteiger partial charge in [-0.25, -0.2) is 0 Å². The van der Waals surface area contributed by atoms with Crippen LogP contribution in [0.3, 0.4) is 0 Å². The first-order valence-corrected chi connectivity index (χ1v) is 5.74. The highest BCUT2D eigenvalue weighted by Gasteiger charge is 2.44. The zero-order valence-electron chi connectivity index (χ0n) is 9.05. The molecule has 1 unspecified atom stereocenters. The van der Waals surface area contributed by atoms with Crippen LogP contribution in [0, 0.1) is 0 Å². The Labute approximate surface area is 86.3 Å². The second-order valence-corrected chi connectivity index (χ2v) is 4.37. The van der Waals surface area contributed by atoms with E-state index in [0.717, 1.165) is 25.9 Å². The van der Waals surface area contributed by atoms with E-state index >= 15 is 0 Å². The lowest BCUT2D eigenvalue weighted by Gasteiger charge is -2.33. The van der Waals surface area contributed by atoms with E-state index in [0.29, 0.717) is 0 Å². The van der Waals surface area contributed by atoms with Gasteiger partial charge in [-0.2, -0.15) is 0 Å². The molecule has 0 radical (unpaired) electrons. The molecule has 1 spiro atoms. The summed E-state index contributed by atoms with van der Waals surface area (Å²) in [4.78, 5) is 0. The van der Waals surface area contributed by atoms with Crippen LogP contribution in [0.2, 0.25) is 0 Å². The highest BCUT2D eigenvalue weighted by Crippen LogP contribution is 2.44. The van der Waals surface area contributed by atoms with Crippen LogP contribution in [0.25, 0.3) is 0 Å². The van der Waals surface area contributed by atoms with Crippen LogP contribution in [0.5, 0.6) is 0 Å². The highest BCUT2D eigenvalue weighted by atomic mass is 16.7. The van der Waals surface area contributed by atoms with Gasteiger partial charge >= 0.3 is 0 Å². The van der Waals surface area contributed by atoms with E-state index in [9.17, 15) is 0 Å². The molecular weight excluding hydrogens is 176 g/mol. The number of ether oxygens (including phenoxy) is 2. The molecule has 2 heteroatoms. The van der Waals surface area contributed by atoms with Crippen LogP contribution in [-0.4, -0.2) is 18.5 Å². The van der Waals surface area contributed by atoms with E-state index in [1.165, 1.54) is 24.8 Å². The number of hydrogen-bond donors (Lipinski definition) is 0. The second kappa shape index (κ2) is 4.03. The van der Waals surface area contributed by atoms with Crippen molar-refractivity contribution in [2.24, 2.45) is 0 Å². The molecule has 1 heterocycles. The molecule has 2 rings (SSSR count). The largest absolute Gasteiger partial charge is 0.353 e. The summed E-state index contributed by atoms with van der Waals surface area (Å²) in [7, 11) is 0. The molecule has 1 atom stereocenters. The quantitative estimate of drug-likeness (QED) is 0.632. The summed E-state index contributed by atoms with van der Waals surface area (Å²) in [6.45, 7) is 6.90. The summed E-state index contributed by atoms with van der Waals surface area (Å²) in [6.07, 6.45) is 7.07. The van der Waals surface area contributed by atoms with Gasteiger partial charge in [0.25, 0.3) is 0 Å². The van der Waals surface area contributed by atoms with Gasteiger partial charge in [0.05, 0.1) is 5.60 Å². The van der Waals surface area contributed by atoms with Gasteiger partial charge in [-0.1, -0.05) is 25.8 Å². The van der Waals surface area contributed by atoms with Crippen molar-refractivity contribution in [1.29, 1.82) is 0 Å². The monoisotopic (exact) mass is 196 g/mol. The van der Waals surface area contributed by atoms with Crippen LogP contribution in [0.1, 0.15) is 45.4 Å². The molecule has 14 heavy (non-hydrogen) atoms. The summed E-state index contributed by atoms with van der Waals surface area (Å²) in [5.74, 6) is 0. The Balaban J connectivity index is 2.01. The van der Waals surface area contributed by atoms with Crippen molar-refractivity contribution in [3.63, 3.8) is 0 Å². The van der Waals surface area contributed by atoms with Crippen LogP contribution in [0.15, 0.2) is 12.2 Å². The van der Waals surface area contributed by atoms with Crippen molar-refractivity contribution in [2.45, 2.75) is 57.3 Å². The Morgan fingerprint density at radius 1 is 1.43 bits per heavy atom. The van der Waals surface area contributed by atoms with Gasteiger partial charge in [-0.3, -0.25) is 0 Å². The topological polar surface area (TPSA) is 18.5 Å². The summed E-state index contributed by atoms with van der Waals surface area (Å²) in [5.41, 5.74) is 1.24. The van der Waals surface area contributed by atoms with E-state index in [4.69, 9.17) is 9.47 Å². The van der Waals surface area contributed by atoms with Gasteiger partial charge in [0, 0.05) is 13.0 Å². The number of rotatable bonds is 2. The smallest absolute Gasteiger partial charge is 0.162 e. The maximum Gasteiger partial charge on any atom is 0.162 e. The van der Waals surface area contributed by atoms with Crippen LogP contribution < -0.4 is 0 Å². The van der Waals surface area contributed by atoms with Gasteiger partial charge in [0.1, 0.15) is 0 Å². The van der Waals surface area contributed by atoms with Gasteiger partial charge in [0.15, 0.2) is 6.29 Å². The van der Waals surface area contributed by atoms with Crippen LogP contribution in [-0.2, 0) is 9.47 Å². The van der Waals surface area contributed by atoms with E-state index in [1.807, 2.05) is 6.92 Å². The van der Waals surface area contributed by atoms with E-state index in [2.05, 4.69) is 6.58 Å². The Morgan fingerprint density at radius 2 is 2.14 bits per heavy atom. The summed E-state index contributed by atoms with van der Waals surface area (Å²) in [5, 5.41) is 0. The van der Waals surface area contributed by atoms with Crippen molar-refractivity contribution < 1.29 is 9.47 Å². The normalized spacial score (nSPS) is 31.2. The van der Waals surface area contributed by atoms with Crippen molar-refractivity contribution in [3.05, 3.63) is 12.2 Å². The number of hydrogen-bond acceptors (Lipinski definition) is 2. The van der Waals surface area contributed by atoms with Crippen molar-refractivity contribution in [3.8, 4) is 0 Å². The fourth-order valence-electron chi connectivity index (χ4n) is 2.64. The lowest BCUT2D eigenvalue weighted by atomic mass is 9.80. The molecule has 0 aromatic carbocycles. The molecule has 0 aromatic heterocycles. The van der Waals surface area contributed by atoms with Gasteiger partial charge in [0.2, 0.25) is 0 Å². The first-order valence-electron chi connectivity index (χ1n) is 5.74. The fourth-order valence-corrected chi connectivity index (χ4v) is 2.64. The molecular formula is C12H20O2. The van der Waals surface area contributed by atoms with Crippen molar-refractivity contribution in [2.75, 3.05) is 6.61 Å². The summed E-state index contributed by atoms with van der Waals surface area (Å²) < 4.78 is 11.5. The average Bonchev–Trinajstić information content (AvgIpc) is 2.45. The minimum Gasteiger partial charge on any atom is -0.353 e. The molecule has 2 nitrogen and oxygen atoms in total. The van der Waals surface area contributed by atoms with E-state index < -0.39 is 0 Å². The molecule has 0 amide bonds. The minimum atomic E-state index is -0.0226. The van der Waals surface area contributed by atoms with Gasteiger partial charge < -0.3 is 9.47 Å². The van der Waals surface area contributed by atoms with Crippen LogP contribution in [0.4, 0.5) is 0 Å². The van der Waals surface area contributed by atoms with Crippen LogP contribution >= 0.6 is 0 Å². The molecule has 1 saturated carbocycles. The maximum absolute atomic E-state index is 6.02. The average molecular weight is 196 g/mol. The third kappa shape index (κ3) is 1.73. The van der Waals surface area contributed by atoms with Gasteiger partial charge in [-0.15, -0.1) is 0 Å². The molecule has 1 saturated heterocycles. The van der Waals surface area contributed by atoms with Gasteiger partial charge in [-0.05, 0) is 25.3 Å². The lowest BCUT2D eigenvalue weighted by molar-refractivity contribution is -0.170. The SMILES string of the molecule is C=C1CC(OCC)OC12CCCCC2. The zero-order valence-corrected chi connectivity index (χ0v) is 9.05. The Morgan fingerprint density at radius 3 is 2.79 bits per heavy atom. The zero-order chi connectivity index (χ0) is 10.0. The van der Waals surface area contributed by atoms with Crippen molar-refractivity contribution >= 4 is 0 Å². The molecule has 0 bridgehead atoms. The fraction of sp³-hybridized carbons (Fsp3) is 0.833. The maximum atomic E-state index is 6.02. The molecule has 0 aromatic rings. The van der Waals surface area contributed by atoms with Crippen molar-refractivity contribution in [1.82, 2.24) is 0 Å². The molecule has 0 N–H and O–H groups in total. The molecule has 2 aliphatic rings. The Hall–Kier alpha value is -0.340. The molecule has 1 aliphatic carbocycles.